The third-order valence-electron chi connectivity index (χ3n) is 3.56. The van der Waals surface area contributed by atoms with Gasteiger partial charge in [-0.3, -0.25) is 0 Å². The van der Waals surface area contributed by atoms with Crippen LogP contribution in [0.1, 0.15) is 30.0 Å². The lowest BCUT2D eigenvalue weighted by molar-refractivity contribution is 0.299. The van der Waals surface area contributed by atoms with Gasteiger partial charge in [-0.1, -0.05) is 42.5 Å². The van der Waals surface area contributed by atoms with Gasteiger partial charge < -0.3 is 10.5 Å². The highest BCUT2D eigenvalue weighted by molar-refractivity contribution is 5.36. The molecule has 3 rings (SSSR count). The summed E-state index contributed by atoms with van der Waals surface area (Å²) in [6.45, 7) is 0.837. The lowest BCUT2D eigenvalue weighted by atomic mass is 10.00. The summed E-state index contributed by atoms with van der Waals surface area (Å²) in [6, 6.07) is 18.2. The number of benzene rings is 2. The summed E-state index contributed by atoms with van der Waals surface area (Å²) in [5.74, 6) is 1.70. The molecule has 1 atom stereocenters. The first-order chi connectivity index (χ1) is 9.33. The number of rotatable bonds is 5. The molecule has 19 heavy (non-hydrogen) atoms. The van der Waals surface area contributed by atoms with Crippen molar-refractivity contribution in [1.82, 2.24) is 0 Å². The molecule has 1 fully saturated rings. The van der Waals surface area contributed by atoms with Crippen LogP contribution in [-0.2, 0) is 0 Å². The van der Waals surface area contributed by atoms with Crippen molar-refractivity contribution in [2.45, 2.75) is 18.9 Å². The standard InChI is InChI=1S/C17H19NO/c18-17(14-5-2-1-3-6-14)15-7-4-8-16(11-15)19-12-13-9-10-13/h1-8,11,13,17H,9-10,12,18H2. The predicted molar refractivity (Wildman–Crippen MR) is 77.1 cm³/mol. The third-order valence-corrected chi connectivity index (χ3v) is 3.56. The van der Waals surface area contributed by atoms with Gasteiger partial charge in [0.15, 0.2) is 0 Å². The Bertz CT molecular complexity index is 534. The van der Waals surface area contributed by atoms with E-state index < -0.39 is 0 Å². The molecular weight excluding hydrogens is 234 g/mol. The fourth-order valence-corrected chi connectivity index (χ4v) is 2.15. The van der Waals surface area contributed by atoms with E-state index in [0.29, 0.717) is 0 Å². The van der Waals surface area contributed by atoms with Gasteiger partial charge >= 0.3 is 0 Å². The second-order valence-corrected chi connectivity index (χ2v) is 5.22. The molecule has 1 unspecified atom stereocenters. The minimum absolute atomic E-state index is 0.0920. The van der Waals surface area contributed by atoms with Crippen molar-refractivity contribution in [1.29, 1.82) is 0 Å². The van der Waals surface area contributed by atoms with E-state index in [-0.39, 0.29) is 6.04 Å². The van der Waals surface area contributed by atoms with Gasteiger partial charge in [0.05, 0.1) is 12.6 Å². The molecule has 0 bridgehead atoms. The van der Waals surface area contributed by atoms with E-state index in [1.165, 1.54) is 12.8 Å². The van der Waals surface area contributed by atoms with Crippen LogP contribution in [0.15, 0.2) is 54.6 Å². The highest BCUT2D eigenvalue weighted by atomic mass is 16.5. The smallest absolute Gasteiger partial charge is 0.119 e. The Hall–Kier alpha value is -1.80. The Morgan fingerprint density at radius 1 is 1.00 bits per heavy atom. The minimum Gasteiger partial charge on any atom is -0.493 e. The van der Waals surface area contributed by atoms with Crippen LogP contribution in [0, 0.1) is 5.92 Å². The zero-order valence-corrected chi connectivity index (χ0v) is 11.0. The average Bonchev–Trinajstić information content (AvgIpc) is 3.30. The molecule has 2 heteroatoms. The monoisotopic (exact) mass is 253 g/mol. The molecule has 0 aromatic heterocycles. The van der Waals surface area contributed by atoms with E-state index >= 15 is 0 Å². The summed E-state index contributed by atoms with van der Waals surface area (Å²) in [4.78, 5) is 0. The first-order valence-electron chi connectivity index (χ1n) is 6.86. The maximum atomic E-state index is 6.30. The Kier molecular flexibility index (Phi) is 3.51. The van der Waals surface area contributed by atoms with E-state index in [1.807, 2.05) is 30.3 Å². The SMILES string of the molecule is NC(c1ccccc1)c1cccc(OCC2CC2)c1. The average molecular weight is 253 g/mol. The van der Waals surface area contributed by atoms with Crippen LogP contribution in [0.25, 0.3) is 0 Å². The van der Waals surface area contributed by atoms with Crippen LogP contribution in [0.5, 0.6) is 5.75 Å². The van der Waals surface area contributed by atoms with Crippen molar-refractivity contribution < 1.29 is 4.74 Å². The first kappa shape index (κ1) is 12.2. The second kappa shape index (κ2) is 5.45. The van der Waals surface area contributed by atoms with Crippen molar-refractivity contribution in [3.8, 4) is 5.75 Å². The molecule has 2 aromatic rings. The molecule has 2 aromatic carbocycles. The van der Waals surface area contributed by atoms with Crippen molar-refractivity contribution in [2.24, 2.45) is 11.7 Å². The van der Waals surface area contributed by atoms with E-state index in [2.05, 4.69) is 24.3 Å². The van der Waals surface area contributed by atoms with Gasteiger partial charge in [-0.05, 0) is 42.0 Å². The van der Waals surface area contributed by atoms with Gasteiger partial charge in [0, 0.05) is 0 Å². The topological polar surface area (TPSA) is 35.2 Å². The number of nitrogens with two attached hydrogens (primary N) is 1. The Labute approximate surface area is 114 Å². The summed E-state index contributed by atoms with van der Waals surface area (Å²) >= 11 is 0. The lowest BCUT2D eigenvalue weighted by Crippen LogP contribution is -2.11. The van der Waals surface area contributed by atoms with Crippen LogP contribution >= 0.6 is 0 Å². The zero-order valence-electron chi connectivity index (χ0n) is 11.0. The molecule has 2 nitrogen and oxygen atoms in total. The summed E-state index contributed by atoms with van der Waals surface area (Å²) in [5, 5.41) is 0. The number of ether oxygens (including phenoxy) is 1. The maximum absolute atomic E-state index is 6.30. The highest BCUT2D eigenvalue weighted by Crippen LogP contribution is 2.30. The molecule has 1 aliphatic carbocycles. The van der Waals surface area contributed by atoms with Crippen LogP contribution < -0.4 is 10.5 Å². The fourth-order valence-electron chi connectivity index (χ4n) is 2.15. The molecule has 0 saturated heterocycles. The zero-order chi connectivity index (χ0) is 13.1. The van der Waals surface area contributed by atoms with Crippen LogP contribution in [0.3, 0.4) is 0 Å². The van der Waals surface area contributed by atoms with Gasteiger partial charge in [0.25, 0.3) is 0 Å². The first-order valence-corrected chi connectivity index (χ1v) is 6.86. The van der Waals surface area contributed by atoms with Crippen molar-refractivity contribution in [3.63, 3.8) is 0 Å². The molecule has 0 heterocycles. The van der Waals surface area contributed by atoms with Crippen molar-refractivity contribution in [2.75, 3.05) is 6.61 Å². The molecule has 0 amide bonds. The number of hydrogen-bond acceptors (Lipinski definition) is 2. The molecule has 2 N–H and O–H groups in total. The predicted octanol–water partition coefficient (Wildman–Crippen LogP) is 3.52. The molecule has 1 aliphatic rings. The van der Waals surface area contributed by atoms with Gasteiger partial charge in [-0.2, -0.15) is 0 Å². The third kappa shape index (κ3) is 3.15. The maximum Gasteiger partial charge on any atom is 0.119 e. The second-order valence-electron chi connectivity index (χ2n) is 5.22. The van der Waals surface area contributed by atoms with Gasteiger partial charge in [0.2, 0.25) is 0 Å². The summed E-state index contributed by atoms with van der Waals surface area (Å²) in [6.07, 6.45) is 2.62. The van der Waals surface area contributed by atoms with Gasteiger partial charge in [-0.25, -0.2) is 0 Å². The summed E-state index contributed by atoms with van der Waals surface area (Å²) in [5.41, 5.74) is 8.52. The Morgan fingerprint density at radius 2 is 1.74 bits per heavy atom. The summed E-state index contributed by atoms with van der Waals surface area (Å²) in [7, 11) is 0. The van der Waals surface area contributed by atoms with Crippen molar-refractivity contribution >= 4 is 0 Å². The molecule has 98 valence electrons. The van der Waals surface area contributed by atoms with E-state index in [4.69, 9.17) is 10.5 Å². The lowest BCUT2D eigenvalue weighted by Gasteiger charge is -2.14. The van der Waals surface area contributed by atoms with Crippen LogP contribution in [0.4, 0.5) is 0 Å². The van der Waals surface area contributed by atoms with E-state index in [9.17, 15) is 0 Å². The largest absolute Gasteiger partial charge is 0.493 e. The van der Waals surface area contributed by atoms with Crippen LogP contribution in [0.2, 0.25) is 0 Å². The molecule has 1 saturated carbocycles. The molecule has 0 radical (unpaired) electrons. The van der Waals surface area contributed by atoms with E-state index in [0.717, 1.165) is 29.4 Å². The quantitative estimate of drug-likeness (QED) is 0.884. The Morgan fingerprint density at radius 3 is 2.47 bits per heavy atom. The molecule has 0 aliphatic heterocycles. The van der Waals surface area contributed by atoms with Crippen LogP contribution in [-0.4, -0.2) is 6.61 Å². The Balaban J connectivity index is 1.74. The van der Waals surface area contributed by atoms with Gasteiger partial charge in [-0.15, -0.1) is 0 Å². The molecular formula is C17H19NO. The van der Waals surface area contributed by atoms with E-state index in [1.54, 1.807) is 0 Å². The fraction of sp³-hybridized carbons (Fsp3) is 0.294. The number of hydrogen-bond donors (Lipinski definition) is 1. The normalized spacial score (nSPS) is 16.1. The van der Waals surface area contributed by atoms with Crippen molar-refractivity contribution in [3.05, 3.63) is 65.7 Å². The molecule has 0 spiro atoms. The minimum atomic E-state index is -0.0920. The summed E-state index contributed by atoms with van der Waals surface area (Å²) < 4.78 is 5.80. The van der Waals surface area contributed by atoms with Gasteiger partial charge in [0.1, 0.15) is 5.75 Å². The highest BCUT2D eigenvalue weighted by Gasteiger charge is 2.22.